The first-order chi connectivity index (χ1) is 16.2. The van der Waals surface area contributed by atoms with Crippen molar-refractivity contribution in [3.63, 3.8) is 0 Å². The van der Waals surface area contributed by atoms with Crippen LogP contribution in [-0.2, 0) is 0 Å². The van der Waals surface area contributed by atoms with Gasteiger partial charge in [0.05, 0.1) is 0 Å². The van der Waals surface area contributed by atoms with Gasteiger partial charge in [0.25, 0.3) is 0 Å². The quantitative estimate of drug-likeness (QED) is 0.346. The molecule has 34 heavy (non-hydrogen) atoms. The molecule has 0 heterocycles. The zero-order valence-corrected chi connectivity index (χ0v) is 19.2. The summed E-state index contributed by atoms with van der Waals surface area (Å²) in [5.74, 6) is -7.51. The van der Waals surface area contributed by atoms with Gasteiger partial charge in [-0.15, -0.1) is 0 Å². The van der Waals surface area contributed by atoms with E-state index in [0.717, 1.165) is 24.8 Å². The highest BCUT2D eigenvalue weighted by Crippen LogP contribution is 2.47. The fraction of sp³-hybridized carbons (Fsp3) is 0.519. The normalized spacial score (nSPS) is 25.4. The first-order valence-corrected chi connectivity index (χ1v) is 12.1. The summed E-state index contributed by atoms with van der Waals surface area (Å²) < 4.78 is 71.4. The maximum atomic E-state index is 15.3. The standard InChI is InChI=1S/C27H29F5O2/c1-2-14-3-5-15(6-4-14)16-7-9-17(10-8-16)19-13-20(28)24(27(33)34)26(32)23(19)18-11-21(29)25(31)22(30)12-18/h11-17H,2-10H2,1H3,(H,33,34). The van der Waals surface area contributed by atoms with Gasteiger partial charge in [-0.05, 0) is 91.5 Å². The van der Waals surface area contributed by atoms with Crippen LogP contribution >= 0.6 is 0 Å². The van der Waals surface area contributed by atoms with Crippen LogP contribution in [0.25, 0.3) is 11.1 Å². The minimum Gasteiger partial charge on any atom is -0.477 e. The maximum Gasteiger partial charge on any atom is 0.341 e. The highest BCUT2D eigenvalue weighted by atomic mass is 19.2. The second kappa shape index (κ2) is 10.0. The SMILES string of the molecule is CCC1CCC(C2CCC(c3cc(F)c(C(=O)O)c(F)c3-c3cc(F)c(F)c(F)c3)CC2)CC1. The van der Waals surface area contributed by atoms with E-state index in [1.165, 1.54) is 32.1 Å². The summed E-state index contributed by atoms with van der Waals surface area (Å²) >= 11 is 0. The smallest absolute Gasteiger partial charge is 0.341 e. The van der Waals surface area contributed by atoms with E-state index >= 15 is 4.39 Å². The van der Waals surface area contributed by atoms with Crippen LogP contribution in [0.2, 0.25) is 0 Å². The number of carbonyl (C=O) groups is 1. The molecule has 0 spiro atoms. The first kappa shape index (κ1) is 24.7. The molecule has 0 aromatic heterocycles. The van der Waals surface area contributed by atoms with Crippen molar-refractivity contribution in [3.05, 3.63) is 58.4 Å². The molecule has 7 heteroatoms. The lowest BCUT2D eigenvalue weighted by atomic mass is 9.67. The molecule has 1 N–H and O–H groups in total. The van der Waals surface area contributed by atoms with Gasteiger partial charge >= 0.3 is 5.97 Å². The van der Waals surface area contributed by atoms with Crippen LogP contribution in [0.4, 0.5) is 22.0 Å². The van der Waals surface area contributed by atoms with Gasteiger partial charge < -0.3 is 5.11 Å². The number of hydrogen-bond donors (Lipinski definition) is 1. The van der Waals surface area contributed by atoms with Gasteiger partial charge in [-0.2, -0.15) is 0 Å². The predicted molar refractivity (Wildman–Crippen MR) is 119 cm³/mol. The topological polar surface area (TPSA) is 37.3 Å². The van der Waals surface area contributed by atoms with E-state index in [4.69, 9.17) is 0 Å². The zero-order valence-electron chi connectivity index (χ0n) is 19.2. The van der Waals surface area contributed by atoms with Crippen molar-refractivity contribution in [2.75, 3.05) is 0 Å². The number of carboxylic acid groups (broad SMARTS) is 1. The van der Waals surface area contributed by atoms with E-state index in [1.54, 1.807) is 0 Å². The molecule has 2 saturated carbocycles. The molecule has 0 radical (unpaired) electrons. The second-order valence-corrected chi connectivity index (χ2v) is 9.87. The number of halogens is 5. The van der Waals surface area contributed by atoms with E-state index in [0.29, 0.717) is 36.8 Å². The first-order valence-electron chi connectivity index (χ1n) is 12.1. The third-order valence-corrected chi connectivity index (χ3v) is 8.08. The Bertz CT molecular complexity index is 1040. The Labute approximate surface area is 196 Å². The molecule has 4 rings (SSSR count). The third-order valence-electron chi connectivity index (χ3n) is 8.08. The van der Waals surface area contributed by atoms with Gasteiger partial charge in [-0.1, -0.05) is 26.2 Å². The van der Waals surface area contributed by atoms with Gasteiger partial charge in [-0.3, -0.25) is 0 Å². The number of carboxylic acids is 1. The van der Waals surface area contributed by atoms with Crippen molar-refractivity contribution in [1.82, 2.24) is 0 Å². The van der Waals surface area contributed by atoms with Crippen molar-refractivity contribution in [2.45, 2.75) is 70.6 Å². The molecule has 0 bridgehead atoms. The molecular formula is C27H29F5O2. The van der Waals surface area contributed by atoms with Crippen molar-refractivity contribution in [2.24, 2.45) is 17.8 Å². The fourth-order valence-corrected chi connectivity index (χ4v) is 6.12. The third kappa shape index (κ3) is 4.71. The monoisotopic (exact) mass is 480 g/mol. The average Bonchev–Trinajstić information content (AvgIpc) is 2.82. The van der Waals surface area contributed by atoms with Crippen LogP contribution in [0, 0.1) is 46.8 Å². The van der Waals surface area contributed by atoms with Crippen molar-refractivity contribution < 1.29 is 31.9 Å². The number of aromatic carboxylic acids is 1. The Hall–Kier alpha value is -2.44. The van der Waals surface area contributed by atoms with Crippen LogP contribution in [0.3, 0.4) is 0 Å². The van der Waals surface area contributed by atoms with Gasteiger partial charge in [0.2, 0.25) is 0 Å². The van der Waals surface area contributed by atoms with Crippen LogP contribution in [0.5, 0.6) is 0 Å². The minimum absolute atomic E-state index is 0.179. The Morgan fingerprint density at radius 2 is 1.32 bits per heavy atom. The van der Waals surface area contributed by atoms with Gasteiger partial charge in [0, 0.05) is 5.56 Å². The van der Waals surface area contributed by atoms with E-state index in [2.05, 4.69) is 6.92 Å². The summed E-state index contributed by atoms with van der Waals surface area (Å²) in [6, 6.07) is 2.22. The molecule has 0 saturated heterocycles. The molecule has 0 aliphatic heterocycles. The van der Waals surface area contributed by atoms with E-state index in [1.807, 2.05) is 0 Å². The summed E-state index contributed by atoms with van der Waals surface area (Å²) in [5, 5.41) is 9.30. The summed E-state index contributed by atoms with van der Waals surface area (Å²) in [7, 11) is 0. The van der Waals surface area contributed by atoms with Crippen LogP contribution in [0.1, 0.15) is 86.6 Å². The Balaban J connectivity index is 1.65. The second-order valence-electron chi connectivity index (χ2n) is 9.87. The number of rotatable bonds is 5. The Morgan fingerprint density at radius 1 is 0.794 bits per heavy atom. The lowest BCUT2D eigenvalue weighted by Gasteiger charge is -2.38. The molecule has 2 nitrogen and oxygen atoms in total. The molecule has 0 amide bonds. The largest absolute Gasteiger partial charge is 0.477 e. The van der Waals surface area contributed by atoms with Crippen LogP contribution < -0.4 is 0 Å². The summed E-state index contributed by atoms with van der Waals surface area (Å²) in [6.07, 6.45) is 9.11. The Morgan fingerprint density at radius 3 is 1.82 bits per heavy atom. The molecule has 2 fully saturated rings. The van der Waals surface area contributed by atoms with Gasteiger partial charge in [0.15, 0.2) is 17.5 Å². The van der Waals surface area contributed by atoms with Crippen molar-refractivity contribution in [1.29, 1.82) is 0 Å². The average molecular weight is 481 g/mol. The molecule has 2 aliphatic carbocycles. The number of hydrogen-bond acceptors (Lipinski definition) is 1. The molecule has 0 unspecified atom stereocenters. The minimum atomic E-state index is -1.82. The predicted octanol–water partition coefficient (Wildman–Crippen LogP) is 8.24. The molecule has 2 aromatic carbocycles. The summed E-state index contributed by atoms with van der Waals surface area (Å²) in [5.41, 5.74) is -1.72. The maximum absolute atomic E-state index is 15.3. The zero-order chi connectivity index (χ0) is 24.6. The lowest BCUT2D eigenvalue weighted by molar-refractivity contribution is 0.0686. The highest BCUT2D eigenvalue weighted by Gasteiger charge is 2.34. The fourth-order valence-electron chi connectivity index (χ4n) is 6.12. The summed E-state index contributed by atoms with van der Waals surface area (Å²) in [4.78, 5) is 11.5. The van der Waals surface area contributed by atoms with E-state index in [-0.39, 0.29) is 22.6 Å². The Kier molecular flexibility index (Phi) is 7.29. The number of benzene rings is 2. The highest BCUT2D eigenvalue weighted by molar-refractivity contribution is 5.91. The molecule has 2 aromatic rings. The molecular weight excluding hydrogens is 451 g/mol. The summed E-state index contributed by atoms with van der Waals surface area (Å²) in [6.45, 7) is 2.22. The van der Waals surface area contributed by atoms with Gasteiger partial charge in [-0.25, -0.2) is 26.7 Å². The van der Waals surface area contributed by atoms with Crippen molar-refractivity contribution >= 4 is 5.97 Å². The van der Waals surface area contributed by atoms with E-state index in [9.17, 15) is 27.5 Å². The van der Waals surface area contributed by atoms with Crippen molar-refractivity contribution in [3.8, 4) is 11.1 Å². The van der Waals surface area contributed by atoms with Gasteiger partial charge in [0.1, 0.15) is 17.2 Å². The van der Waals surface area contributed by atoms with E-state index < -0.39 is 40.6 Å². The van der Waals surface area contributed by atoms with Crippen LogP contribution in [0.15, 0.2) is 18.2 Å². The van der Waals surface area contributed by atoms with Crippen LogP contribution in [-0.4, -0.2) is 11.1 Å². The molecule has 0 atom stereocenters. The lowest BCUT2D eigenvalue weighted by Crippen LogP contribution is -2.25. The molecule has 2 aliphatic rings. The molecule has 184 valence electrons.